The molecule has 1 saturated carbocycles. The Balaban J connectivity index is 1.46. The van der Waals surface area contributed by atoms with Crippen molar-refractivity contribution >= 4 is 33.9 Å². The second-order valence-electron chi connectivity index (χ2n) is 7.02. The molecule has 0 radical (unpaired) electrons. The summed E-state index contributed by atoms with van der Waals surface area (Å²) in [5.41, 5.74) is 4.10. The third-order valence-corrected chi connectivity index (χ3v) is 4.83. The smallest absolute Gasteiger partial charge is 0.276 e. The Morgan fingerprint density at radius 1 is 1.00 bits per heavy atom. The molecule has 29 heavy (non-hydrogen) atoms. The number of hydrogen-bond acceptors (Lipinski definition) is 6. The van der Waals surface area contributed by atoms with Crippen molar-refractivity contribution in [1.82, 2.24) is 19.9 Å². The highest BCUT2D eigenvalue weighted by Crippen LogP contribution is 2.39. The molecule has 2 N–H and O–H groups in total. The molecule has 1 aliphatic rings. The molecule has 0 spiro atoms. The lowest BCUT2D eigenvalue weighted by Gasteiger charge is -2.13. The van der Waals surface area contributed by atoms with E-state index < -0.39 is 0 Å². The van der Waals surface area contributed by atoms with Gasteiger partial charge < -0.3 is 10.6 Å². The number of carbonyl (C=O) groups is 1. The Bertz CT molecular complexity index is 1190. The molecule has 0 saturated heterocycles. The zero-order valence-corrected chi connectivity index (χ0v) is 15.5. The van der Waals surface area contributed by atoms with Crippen LogP contribution in [0.15, 0.2) is 67.4 Å². The van der Waals surface area contributed by atoms with Crippen molar-refractivity contribution in [2.24, 2.45) is 0 Å². The summed E-state index contributed by atoms with van der Waals surface area (Å²) in [6.45, 7) is 0. The Morgan fingerprint density at radius 3 is 2.69 bits per heavy atom. The Hall–Kier alpha value is -3.87. The highest BCUT2D eigenvalue weighted by molar-refractivity contribution is 6.07. The first-order chi connectivity index (χ1) is 14.3. The van der Waals surface area contributed by atoms with E-state index in [-0.39, 0.29) is 5.91 Å². The Kier molecular flexibility index (Phi) is 4.32. The molecule has 0 atom stereocenters. The first-order valence-electron chi connectivity index (χ1n) is 9.45. The summed E-state index contributed by atoms with van der Waals surface area (Å²) in [7, 11) is 0. The summed E-state index contributed by atoms with van der Waals surface area (Å²) >= 11 is 0. The van der Waals surface area contributed by atoms with E-state index in [0.29, 0.717) is 28.7 Å². The lowest BCUT2D eigenvalue weighted by molar-refractivity contribution is 0.102. The molecule has 0 unspecified atom stereocenters. The van der Waals surface area contributed by atoms with E-state index in [9.17, 15) is 4.79 Å². The number of nitrogens with zero attached hydrogens (tertiary/aromatic N) is 4. The molecule has 7 nitrogen and oxygen atoms in total. The molecule has 1 aliphatic carbocycles. The van der Waals surface area contributed by atoms with Gasteiger partial charge in [0, 0.05) is 28.9 Å². The molecule has 3 heterocycles. The lowest BCUT2D eigenvalue weighted by Crippen LogP contribution is -2.16. The van der Waals surface area contributed by atoms with Gasteiger partial charge in [0.25, 0.3) is 5.91 Å². The van der Waals surface area contributed by atoms with Crippen molar-refractivity contribution in [3.63, 3.8) is 0 Å². The molecule has 5 rings (SSSR count). The van der Waals surface area contributed by atoms with E-state index in [1.54, 1.807) is 18.6 Å². The first-order valence-corrected chi connectivity index (χ1v) is 9.45. The number of amides is 1. The third kappa shape index (κ3) is 3.75. The maximum Gasteiger partial charge on any atom is 0.276 e. The van der Waals surface area contributed by atoms with Gasteiger partial charge >= 0.3 is 0 Å². The number of anilines is 3. The zero-order valence-electron chi connectivity index (χ0n) is 15.5. The fourth-order valence-corrected chi connectivity index (χ4v) is 3.21. The fraction of sp³-hybridized carbons (Fsp3) is 0.136. The lowest BCUT2D eigenvalue weighted by atomic mass is 10.1. The highest BCUT2D eigenvalue weighted by atomic mass is 16.1. The van der Waals surface area contributed by atoms with Crippen molar-refractivity contribution in [2.45, 2.75) is 18.8 Å². The average molecular weight is 382 g/mol. The number of rotatable bonds is 5. The molecule has 4 aromatic rings. The number of fused-ring (bicyclic) bond motifs is 1. The topological polar surface area (TPSA) is 92.7 Å². The second kappa shape index (κ2) is 7.27. The van der Waals surface area contributed by atoms with Gasteiger partial charge in [-0.05, 0) is 43.2 Å². The van der Waals surface area contributed by atoms with Gasteiger partial charge in [0.15, 0.2) is 5.69 Å². The summed E-state index contributed by atoms with van der Waals surface area (Å²) < 4.78 is 0. The van der Waals surface area contributed by atoms with Gasteiger partial charge in [0.1, 0.15) is 6.33 Å². The van der Waals surface area contributed by atoms with Crippen LogP contribution in [0.3, 0.4) is 0 Å². The third-order valence-electron chi connectivity index (χ3n) is 4.83. The van der Waals surface area contributed by atoms with Crippen molar-refractivity contribution in [1.29, 1.82) is 0 Å². The summed E-state index contributed by atoms with van der Waals surface area (Å²) in [4.78, 5) is 30.1. The molecule has 1 aromatic carbocycles. The Labute approximate surface area is 167 Å². The van der Waals surface area contributed by atoms with Gasteiger partial charge in [0.05, 0.1) is 29.3 Å². The van der Waals surface area contributed by atoms with Crippen LogP contribution in [0, 0.1) is 0 Å². The minimum Gasteiger partial charge on any atom is -0.351 e. The maximum atomic E-state index is 13.1. The summed E-state index contributed by atoms with van der Waals surface area (Å²) in [5, 5.41) is 7.16. The maximum absolute atomic E-state index is 13.1. The predicted octanol–water partition coefficient (Wildman–Crippen LogP) is 4.29. The SMILES string of the molecule is O=C(Nc1ccc2cccnc2c1)c1nc(C2CC2)ccc1Nc1cncnc1. The van der Waals surface area contributed by atoms with Crippen LogP contribution in [0.25, 0.3) is 10.9 Å². The van der Waals surface area contributed by atoms with Crippen molar-refractivity contribution in [2.75, 3.05) is 10.6 Å². The molecule has 142 valence electrons. The minimum absolute atomic E-state index is 0.276. The summed E-state index contributed by atoms with van der Waals surface area (Å²) in [5.74, 6) is 0.169. The largest absolute Gasteiger partial charge is 0.351 e. The van der Waals surface area contributed by atoms with Crippen LogP contribution in [0.5, 0.6) is 0 Å². The van der Waals surface area contributed by atoms with Crippen LogP contribution in [0.4, 0.5) is 17.1 Å². The zero-order chi connectivity index (χ0) is 19.6. The molecule has 1 fully saturated rings. The van der Waals surface area contributed by atoms with E-state index in [1.165, 1.54) is 6.33 Å². The fourth-order valence-electron chi connectivity index (χ4n) is 3.21. The molecule has 1 amide bonds. The average Bonchev–Trinajstić information content (AvgIpc) is 3.60. The van der Waals surface area contributed by atoms with Gasteiger partial charge in [-0.1, -0.05) is 12.1 Å². The van der Waals surface area contributed by atoms with E-state index >= 15 is 0 Å². The van der Waals surface area contributed by atoms with Gasteiger partial charge in [-0.25, -0.2) is 15.0 Å². The van der Waals surface area contributed by atoms with E-state index in [4.69, 9.17) is 0 Å². The minimum atomic E-state index is -0.276. The number of hydrogen-bond donors (Lipinski definition) is 2. The molecule has 3 aromatic heterocycles. The van der Waals surface area contributed by atoms with Crippen LogP contribution in [0.1, 0.15) is 34.9 Å². The van der Waals surface area contributed by atoms with Gasteiger partial charge in [-0.15, -0.1) is 0 Å². The van der Waals surface area contributed by atoms with E-state index in [2.05, 4.69) is 30.6 Å². The monoisotopic (exact) mass is 382 g/mol. The van der Waals surface area contributed by atoms with Crippen LogP contribution >= 0.6 is 0 Å². The number of pyridine rings is 2. The van der Waals surface area contributed by atoms with Crippen LogP contribution in [-0.4, -0.2) is 25.8 Å². The second-order valence-corrected chi connectivity index (χ2v) is 7.02. The number of carbonyl (C=O) groups excluding carboxylic acids is 1. The molecule has 0 aliphatic heterocycles. The quantitative estimate of drug-likeness (QED) is 0.535. The first kappa shape index (κ1) is 17.2. The summed E-state index contributed by atoms with van der Waals surface area (Å²) in [6.07, 6.45) is 8.73. The number of nitrogens with one attached hydrogen (secondary N) is 2. The van der Waals surface area contributed by atoms with Crippen LogP contribution in [0.2, 0.25) is 0 Å². The van der Waals surface area contributed by atoms with E-state index in [0.717, 1.165) is 29.4 Å². The van der Waals surface area contributed by atoms with E-state index in [1.807, 2.05) is 42.5 Å². The van der Waals surface area contributed by atoms with Crippen molar-refractivity contribution in [3.05, 3.63) is 78.8 Å². The Morgan fingerprint density at radius 2 is 1.86 bits per heavy atom. The van der Waals surface area contributed by atoms with Crippen LogP contribution < -0.4 is 10.6 Å². The normalized spacial score (nSPS) is 13.2. The van der Waals surface area contributed by atoms with Crippen LogP contribution in [-0.2, 0) is 0 Å². The molecular weight excluding hydrogens is 364 g/mol. The number of benzene rings is 1. The number of aromatic nitrogens is 4. The molecule has 0 bridgehead atoms. The van der Waals surface area contributed by atoms with Crippen molar-refractivity contribution < 1.29 is 4.79 Å². The summed E-state index contributed by atoms with van der Waals surface area (Å²) in [6, 6.07) is 13.4. The van der Waals surface area contributed by atoms with Gasteiger partial charge in [-0.2, -0.15) is 0 Å². The van der Waals surface area contributed by atoms with Gasteiger partial charge in [0.2, 0.25) is 0 Å². The molecular formula is C22H18N6O. The van der Waals surface area contributed by atoms with Gasteiger partial charge in [-0.3, -0.25) is 9.78 Å². The van der Waals surface area contributed by atoms with Crippen molar-refractivity contribution in [3.8, 4) is 0 Å². The molecule has 7 heteroatoms. The highest BCUT2D eigenvalue weighted by Gasteiger charge is 2.27. The standard InChI is InChI=1S/C22H18N6O/c29-22(27-16-6-5-14-2-1-9-25-20(14)10-16)21-19(26-17-11-23-13-24-12-17)8-7-18(28-21)15-3-4-15/h1-2,5-13,15,26H,3-4H2,(H,27,29). The predicted molar refractivity (Wildman–Crippen MR) is 111 cm³/mol.